The van der Waals surface area contributed by atoms with Crippen molar-refractivity contribution in [2.45, 2.75) is 13.0 Å². The van der Waals surface area contributed by atoms with Crippen molar-refractivity contribution in [3.05, 3.63) is 47.3 Å². The van der Waals surface area contributed by atoms with E-state index in [1.54, 1.807) is 18.0 Å². The number of nitrogens with one attached hydrogen (secondary N) is 1. The Kier molecular flexibility index (Phi) is 5.85. The van der Waals surface area contributed by atoms with E-state index in [9.17, 15) is 4.79 Å². The second-order valence-electron chi connectivity index (χ2n) is 5.76. The van der Waals surface area contributed by atoms with E-state index >= 15 is 0 Å². The number of hydrogen-bond donors (Lipinski definition) is 1. The molecule has 1 fully saturated rings. The summed E-state index contributed by atoms with van der Waals surface area (Å²) in [5, 5.41) is 7.66. The molecule has 1 unspecified atom stereocenters. The molecule has 2 aromatic rings. The molecule has 1 aliphatic rings. The maximum Gasteiger partial charge on any atom is 0.257 e. The summed E-state index contributed by atoms with van der Waals surface area (Å²) in [6, 6.07) is 7.82. The van der Waals surface area contributed by atoms with E-state index in [0.717, 1.165) is 23.6 Å². The number of halogens is 1. The highest BCUT2D eigenvalue weighted by atomic mass is 35.5. The molecule has 0 bridgehead atoms. The molecular weight excluding hydrogens is 328 g/mol. The molecule has 1 aliphatic heterocycles. The number of ether oxygens (including phenoxy) is 1. The zero-order valence-corrected chi connectivity index (χ0v) is 15.0. The first-order valence-electron chi connectivity index (χ1n) is 7.76. The smallest absolute Gasteiger partial charge is 0.257 e. The lowest BCUT2D eigenvalue weighted by Gasteiger charge is -2.37. The van der Waals surface area contributed by atoms with E-state index in [1.165, 1.54) is 0 Å². The molecule has 1 aromatic carbocycles. The van der Waals surface area contributed by atoms with Gasteiger partial charge in [-0.25, -0.2) is 0 Å². The summed E-state index contributed by atoms with van der Waals surface area (Å²) in [6.07, 6.45) is 1.79. The van der Waals surface area contributed by atoms with Gasteiger partial charge in [-0.2, -0.15) is 5.10 Å². The predicted octanol–water partition coefficient (Wildman–Crippen LogP) is 1.95. The molecule has 0 saturated carbocycles. The van der Waals surface area contributed by atoms with Gasteiger partial charge in [-0.05, 0) is 13.0 Å². The molecular formula is C17H23ClN4O2. The van der Waals surface area contributed by atoms with Crippen LogP contribution < -0.4 is 10.1 Å². The molecule has 0 spiro atoms. The van der Waals surface area contributed by atoms with Crippen molar-refractivity contribution < 1.29 is 9.53 Å². The van der Waals surface area contributed by atoms with Crippen LogP contribution in [-0.4, -0.2) is 47.3 Å². The Morgan fingerprint density at radius 1 is 1.38 bits per heavy atom. The number of methoxy groups -OCH3 is 1. The summed E-state index contributed by atoms with van der Waals surface area (Å²) < 4.78 is 7.16. The lowest BCUT2D eigenvalue weighted by Crippen LogP contribution is -2.48. The van der Waals surface area contributed by atoms with E-state index < -0.39 is 0 Å². The van der Waals surface area contributed by atoms with Gasteiger partial charge in [-0.3, -0.25) is 9.48 Å². The van der Waals surface area contributed by atoms with Crippen LogP contribution in [0.5, 0.6) is 5.75 Å². The second-order valence-corrected chi connectivity index (χ2v) is 5.76. The number of piperazine rings is 1. The Morgan fingerprint density at radius 3 is 2.79 bits per heavy atom. The highest BCUT2D eigenvalue weighted by Crippen LogP contribution is 2.31. The maximum absolute atomic E-state index is 13.0. The van der Waals surface area contributed by atoms with Crippen LogP contribution >= 0.6 is 12.4 Å². The Hall–Kier alpha value is -2.05. The van der Waals surface area contributed by atoms with Gasteiger partial charge in [0.2, 0.25) is 0 Å². The van der Waals surface area contributed by atoms with Crippen LogP contribution in [0.1, 0.15) is 27.7 Å². The van der Waals surface area contributed by atoms with Crippen LogP contribution in [0.4, 0.5) is 0 Å². The van der Waals surface area contributed by atoms with Gasteiger partial charge in [0.25, 0.3) is 5.91 Å². The number of amides is 1. The van der Waals surface area contributed by atoms with Gasteiger partial charge in [0.05, 0.1) is 24.4 Å². The molecule has 1 amide bonds. The quantitative estimate of drug-likeness (QED) is 0.919. The van der Waals surface area contributed by atoms with Gasteiger partial charge in [-0.1, -0.05) is 18.2 Å². The number of benzene rings is 1. The van der Waals surface area contributed by atoms with Crippen molar-refractivity contribution in [1.82, 2.24) is 20.0 Å². The minimum atomic E-state index is -0.0491. The second kappa shape index (κ2) is 7.68. The van der Waals surface area contributed by atoms with Gasteiger partial charge >= 0.3 is 0 Å². The number of aryl methyl sites for hydroxylation is 2. The lowest BCUT2D eigenvalue weighted by molar-refractivity contribution is 0.0631. The lowest BCUT2D eigenvalue weighted by atomic mass is 10.0. The molecule has 7 heteroatoms. The maximum atomic E-state index is 13.0. The van der Waals surface area contributed by atoms with Gasteiger partial charge in [0, 0.05) is 38.4 Å². The summed E-state index contributed by atoms with van der Waals surface area (Å²) in [5.41, 5.74) is 2.45. The fourth-order valence-corrected chi connectivity index (χ4v) is 3.13. The molecule has 0 radical (unpaired) electrons. The third-order valence-corrected chi connectivity index (χ3v) is 4.25. The molecule has 1 N–H and O–H groups in total. The minimum Gasteiger partial charge on any atom is -0.496 e. The minimum absolute atomic E-state index is 0. The van der Waals surface area contributed by atoms with Crippen molar-refractivity contribution in [3.8, 4) is 5.75 Å². The molecule has 6 nitrogen and oxygen atoms in total. The van der Waals surface area contributed by atoms with Crippen LogP contribution in [0.2, 0.25) is 0 Å². The van der Waals surface area contributed by atoms with Crippen molar-refractivity contribution in [3.63, 3.8) is 0 Å². The summed E-state index contributed by atoms with van der Waals surface area (Å²) in [6.45, 7) is 4.03. The van der Waals surface area contributed by atoms with Crippen molar-refractivity contribution >= 4 is 18.3 Å². The van der Waals surface area contributed by atoms with Crippen LogP contribution in [0.25, 0.3) is 0 Å². The topological polar surface area (TPSA) is 59.4 Å². The molecule has 3 rings (SSSR count). The molecule has 2 heterocycles. The number of carbonyl (C=O) groups excluding carboxylic acids is 1. The molecule has 1 atom stereocenters. The third-order valence-electron chi connectivity index (χ3n) is 4.25. The van der Waals surface area contributed by atoms with Crippen LogP contribution in [-0.2, 0) is 7.05 Å². The Morgan fingerprint density at radius 2 is 2.12 bits per heavy atom. The first kappa shape index (κ1) is 18.3. The number of nitrogens with zero attached hydrogens (tertiary/aromatic N) is 3. The molecule has 24 heavy (non-hydrogen) atoms. The SMILES string of the molecule is COc1ccccc1C1CNCCN1C(=O)c1cn(C)nc1C.Cl. The van der Waals surface area contributed by atoms with Crippen molar-refractivity contribution in [2.24, 2.45) is 7.05 Å². The van der Waals surface area contributed by atoms with Crippen LogP contribution in [0.15, 0.2) is 30.5 Å². The zero-order valence-electron chi connectivity index (χ0n) is 14.2. The average molecular weight is 351 g/mol. The van der Waals surface area contributed by atoms with Crippen LogP contribution in [0.3, 0.4) is 0 Å². The Bertz CT molecular complexity index is 716. The molecule has 130 valence electrons. The Balaban J connectivity index is 0.00000208. The first-order chi connectivity index (χ1) is 11.1. The summed E-state index contributed by atoms with van der Waals surface area (Å²) in [7, 11) is 3.49. The Labute approximate surface area is 148 Å². The average Bonchev–Trinajstić information content (AvgIpc) is 2.92. The predicted molar refractivity (Wildman–Crippen MR) is 94.8 cm³/mol. The number of carbonyl (C=O) groups is 1. The standard InChI is InChI=1S/C17H22N4O2.ClH/c1-12-14(11-20(2)19-12)17(22)21-9-8-18-10-15(21)13-6-4-5-7-16(13)23-3;/h4-7,11,15,18H,8-10H2,1-3H3;1H. The number of rotatable bonds is 3. The molecule has 0 aliphatic carbocycles. The van der Waals surface area contributed by atoms with E-state index in [-0.39, 0.29) is 24.4 Å². The van der Waals surface area contributed by atoms with E-state index in [1.807, 2.05) is 43.1 Å². The number of para-hydroxylation sites is 1. The highest BCUT2D eigenvalue weighted by molar-refractivity contribution is 5.95. The van der Waals surface area contributed by atoms with E-state index in [2.05, 4.69) is 10.4 Å². The highest BCUT2D eigenvalue weighted by Gasteiger charge is 2.31. The third kappa shape index (κ3) is 3.39. The monoisotopic (exact) mass is 350 g/mol. The fourth-order valence-electron chi connectivity index (χ4n) is 3.13. The van der Waals surface area contributed by atoms with Gasteiger partial charge in [0.1, 0.15) is 5.75 Å². The van der Waals surface area contributed by atoms with Crippen molar-refractivity contribution in [2.75, 3.05) is 26.7 Å². The molecule has 1 saturated heterocycles. The van der Waals surface area contributed by atoms with Gasteiger partial charge < -0.3 is 15.0 Å². The summed E-state index contributed by atoms with van der Waals surface area (Å²) >= 11 is 0. The van der Waals surface area contributed by atoms with Gasteiger partial charge in [-0.15, -0.1) is 12.4 Å². The normalized spacial score (nSPS) is 17.3. The first-order valence-corrected chi connectivity index (χ1v) is 7.76. The van der Waals surface area contributed by atoms with Gasteiger partial charge in [0.15, 0.2) is 0 Å². The largest absolute Gasteiger partial charge is 0.496 e. The zero-order chi connectivity index (χ0) is 16.4. The number of hydrogen-bond acceptors (Lipinski definition) is 4. The molecule has 1 aromatic heterocycles. The summed E-state index contributed by atoms with van der Waals surface area (Å²) in [4.78, 5) is 14.9. The number of aromatic nitrogens is 2. The van der Waals surface area contributed by atoms with Crippen molar-refractivity contribution in [1.29, 1.82) is 0 Å². The van der Waals surface area contributed by atoms with E-state index in [0.29, 0.717) is 18.7 Å². The van der Waals surface area contributed by atoms with Crippen LogP contribution in [0, 0.1) is 6.92 Å². The summed E-state index contributed by atoms with van der Waals surface area (Å²) in [5.74, 6) is 0.829. The van der Waals surface area contributed by atoms with E-state index in [4.69, 9.17) is 4.74 Å². The fraction of sp³-hybridized carbons (Fsp3) is 0.412.